The molecule has 0 aliphatic carbocycles. The second-order valence-electron chi connectivity index (χ2n) is 6.03. The number of halogens is 3. The first-order valence-electron chi connectivity index (χ1n) is 8.15. The van der Waals surface area contributed by atoms with Crippen molar-refractivity contribution < 1.29 is 27.6 Å². The van der Waals surface area contributed by atoms with E-state index in [4.69, 9.17) is 0 Å². The number of amides is 3. The van der Waals surface area contributed by atoms with Gasteiger partial charge in [0, 0.05) is 19.5 Å². The highest BCUT2D eigenvalue weighted by molar-refractivity contribution is 6.21. The third kappa shape index (κ3) is 3.99. The predicted octanol–water partition coefficient (Wildman–Crippen LogP) is 3.01. The van der Waals surface area contributed by atoms with E-state index in [0.717, 1.165) is 17.0 Å². The monoisotopic (exact) mass is 376 g/mol. The Bertz CT molecular complexity index is 857. The van der Waals surface area contributed by atoms with Crippen LogP contribution >= 0.6 is 0 Å². The summed E-state index contributed by atoms with van der Waals surface area (Å²) in [6, 6.07) is 10.9. The molecule has 0 saturated heterocycles. The summed E-state index contributed by atoms with van der Waals surface area (Å²) in [6.07, 6.45) is -4.50. The maximum absolute atomic E-state index is 12.5. The number of nitrogens with one attached hydrogen (secondary N) is 1. The van der Waals surface area contributed by atoms with Crippen LogP contribution in [0.25, 0.3) is 0 Å². The van der Waals surface area contributed by atoms with E-state index in [1.807, 2.05) is 0 Å². The summed E-state index contributed by atoms with van der Waals surface area (Å²) in [5.74, 6) is -1.29. The molecule has 1 aliphatic rings. The van der Waals surface area contributed by atoms with Gasteiger partial charge in [-0.3, -0.25) is 19.3 Å². The Morgan fingerprint density at radius 2 is 1.48 bits per heavy atom. The highest BCUT2D eigenvalue weighted by atomic mass is 19.4. The molecule has 0 bridgehead atoms. The summed E-state index contributed by atoms with van der Waals surface area (Å²) in [5.41, 5.74) is 0.376. The van der Waals surface area contributed by atoms with Gasteiger partial charge in [-0.2, -0.15) is 13.2 Å². The molecule has 0 atom stereocenters. The molecule has 0 unspecified atom stereocenters. The Hall–Kier alpha value is -3.16. The lowest BCUT2D eigenvalue weighted by Crippen LogP contribution is -2.34. The first-order chi connectivity index (χ1) is 12.8. The Labute approximate surface area is 152 Å². The molecule has 3 amide bonds. The number of rotatable bonds is 5. The number of carbonyl (C=O) groups excluding carboxylic acids is 3. The third-order valence-electron chi connectivity index (χ3n) is 4.21. The first kappa shape index (κ1) is 18.6. The van der Waals surface area contributed by atoms with Crippen LogP contribution in [0.2, 0.25) is 0 Å². The minimum Gasteiger partial charge on any atom is -0.352 e. The standard InChI is InChI=1S/C19H15F3N2O3/c20-19(21,22)13-7-5-12(6-8-13)11-23-16(25)9-10-24-17(26)14-3-1-2-4-15(14)18(24)27/h1-8H,9-11H2,(H,23,25). The van der Waals surface area contributed by atoms with Crippen LogP contribution in [-0.2, 0) is 17.5 Å². The summed E-state index contributed by atoms with van der Waals surface area (Å²) in [4.78, 5) is 37.3. The van der Waals surface area contributed by atoms with E-state index < -0.39 is 29.5 Å². The molecule has 0 radical (unpaired) electrons. The maximum atomic E-state index is 12.5. The molecule has 1 heterocycles. The zero-order chi connectivity index (χ0) is 19.6. The minimum absolute atomic E-state index is 0.0547. The van der Waals surface area contributed by atoms with Gasteiger partial charge in [0.05, 0.1) is 16.7 Å². The van der Waals surface area contributed by atoms with Crippen molar-refractivity contribution in [2.45, 2.75) is 19.1 Å². The summed E-state index contributed by atoms with van der Waals surface area (Å²) in [6.45, 7) is -0.00964. The summed E-state index contributed by atoms with van der Waals surface area (Å²) >= 11 is 0. The molecule has 1 N–H and O–H groups in total. The molecule has 5 nitrogen and oxygen atoms in total. The fourth-order valence-electron chi connectivity index (χ4n) is 2.76. The largest absolute Gasteiger partial charge is 0.416 e. The average Bonchev–Trinajstić information content (AvgIpc) is 2.89. The molecular formula is C19H15F3N2O3. The highest BCUT2D eigenvalue weighted by Gasteiger charge is 2.35. The van der Waals surface area contributed by atoms with Gasteiger partial charge in [-0.1, -0.05) is 24.3 Å². The maximum Gasteiger partial charge on any atom is 0.416 e. The summed E-state index contributed by atoms with van der Waals surface area (Å²) in [7, 11) is 0. The number of hydrogen-bond acceptors (Lipinski definition) is 3. The van der Waals surface area contributed by atoms with Gasteiger partial charge in [0.15, 0.2) is 0 Å². The second kappa shape index (κ2) is 7.22. The zero-order valence-electron chi connectivity index (χ0n) is 14.0. The van der Waals surface area contributed by atoms with E-state index >= 15 is 0 Å². The average molecular weight is 376 g/mol. The number of alkyl halides is 3. The molecule has 0 aromatic heterocycles. The third-order valence-corrected chi connectivity index (χ3v) is 4.21. The first-order valence-corrected chi connectivity index (χ1v) is 8.15. The van der Waals surface area contributed by atoms with Gasteiger partial charge in [0.2, 0.25) is 5.91 Å². The van der Waals surface area contributed by atoms with E-state index in [9.17, 15) is 27.6 Å². The molecule has 0 spiro atoms. The Balaban J connectivity index is 1.51. The molecule has 3 rings (SSSR count). The SMILES string of the molecule is O=C(CCN1C(=O)c2ccccc2C1=O)NCc1ccc(C(F)(F)F)cc1. The highest BCUT2D eigenvalue weighted by Crippen LogP contribution is 2.29. The molecule has 8 heteroatoms. The van der Waals surface area contributed by atoms with Crippen LogP contribution in [0.4, 0.5) is 13.2 Å². The van der Waals surface area contributed by atoms with Crippen LogP contribution in [0.5, 0.6) is 0 Å². The molecule has 140 valence electrons. The number of imide groups is 1. The van der Waals surface area contributed by atoms with E-state index in [1.165, 1.54) is 12.1 Å². The fourth-order valence-corrected chi connectivity index (χ4v) is 2.76. The van der Waals surface area contributed by atoms with Crippen molar-refractivity contribution in [3.05, 3.63) is 70.8 Å². The van der Waals surface area contributed by atoms with Gasteiger partial charge in [-0.05, 0) is 29.8 Å². The summed E-state index contributed by atoms with van der Waals surface area (Å²) < 4.78 is 37.5. The van der Waals surface area contributed by atoms with Gasteiger partial charge in [-0.15, -0.1) is 0 Å². The number of benzene rings is 2. The van der Waals surface area contributed by atoms with Crippen LogP contribution in [0, 0.1) is 0 Å². The Morgan fingerprint density at radius 3 is 2.00 bits per heavy atom. The van der Waals surface area contributed by atoms with Crippen molar-refractivity contribution in [2.75, 3.05) is 6.54 Å². The molecule has 27 heavy (non-hydrogen) atoms. The van der Waals surface area contributed by atoms with Crippen molar-refractivity contribution in [1.82, 2.24) is 10.2 Å². The van der Waals surface area contributed by atoms with E-state index in [0.29, 0.717) is 16.7 Å². The Morgan fingerprint density at radius 1 is 0.926 bits per heavy atom. The molecule has 0 fully saturated rings. The normalized spacial score (nSPS) is 13.7. The Kier molecular flexibility index (Phi) is 4.98. The van der Waals surface area contributed by atoms with Gasteiger partial charge >= 0.3 is 6.18 Å². The lowest BCUT2D eigenvalue weighted by atomic mass is 10.1. The van der Waals surface area contributed by atoms with Crippen LogP contribution in [0.15, 0.2) is 48.5 Å². The number of nitrogens with zero attached hydrogens (tertiary/aromatic N) is 1. The van der Waals surface area contributed by atoms with Gasteiger partial charge in [0.1, 0.15) is 0 Å². The second-order valence-corrected chi connectivity index (χ2v) is 6.03. The van der Waals surface area contributed by atoms with Gasteiger partial charge in [0.25, 0.3) is 11.8 Å². The number of fused-ring (bicyclic) bond motifs is 1. The minimum atomic E-state index is -4.41. The van der Waals surface area contributed by atoms with Gasteiger partial charge in [-0.25, -0.2) is 0 Å². The van der Waals surface area contributed by atoms with Crippen molar-refractivity contribution in [3.63, 3.8) is 0 Å². The lowest BCUT2D eigenvalue weighted by Gasteiger charge is -2.13. The lowest BCUT2D eigenvalue weighted by molar-refractivity contribution is -0.137. The van der Waals surface area contributed by atoms with Crippen LogP contribution in [0.3, 0.4) is 0 Å². The molecule has 1 aliphatic heterocycles. The topological polar surface area (TPSA) is 66.5 Å². The predicted molar refractivity (Wildman–Crippen MR) is 89.7 cm³/mol. The van der Waals surface area contributed by atoms with Crippen molar-refractivity contribution in [1.29, 1.82) is 0 Å². The van der Waals surface area contributed by atoms with E-state index in [2.05, 4.69) is 5.32 Å². The van der Waals surface area contributed by atoms with E-state index in [1.54, 1.807) is 24.3 Å². The van der Waals surface area contributed by atoms with Crippen molar-refractivity contribution in [2.24, 2.45) is 0 Å². The quantitative estimate of drug-likeness (QED) is 0.816. The van der Waals surface area contributed by atoms with Crippen molar-refractivity contribution >= 4 is 17.7 Å². The van der Waals surface area contributed by atoms with E-state index in [-0.39, 0.29) is 19.5 Å². The molecule has 2 aromatic carbocycles. The van der Waals surface area contributed by atoms with Crippen LogP contribution in [0.1, 0.15) is 38.3 Å². The number of carbonyl (C=O) groups is 3. The molecular weight excluding hydrogens is 361 g/mol. The summed E-state index contributed by atoms with van der Waals surface area (Å²) in [5, 5.41) is 2.56. The molecule has 2 aromatic rings. The van der Waals surface area contributed by atoms with Crippen LogP contribution < -0.4 is 5.32 Å². The fraction of sp³-hybridized carbons (Fsp3) is 0.211. The van der Waals surface area contributed by atoms with Gasteiger partial charge < -0.3 is 5.32 Å². The van der Waals surface area contributed by atoms with Crippen molar-refractivity contribution in [3.8, 4) is 0 Å². The van der Waals surface area contributed by atoms with Crippen LogP contribution in [-0.4, -0.2) is 29.2 Å². The number of hydrogen-bond donors (Lipinski definition) is 1. The zero-order valence-corrected chi connectivity index (χ0v) is 14.0. The molecule has 0 saturated carbocycles. The smallest absolute Gasteiger partial charge is 0.352 e.